The molecule has 1 saturated carbocycles. The predicted molar refractivity (Wildman–Crippen MR) is 128 cm³/mol. The van der Waals surface area contributed by atoms with E-state index >= 15 is 0 Å². The largest absolute Gasteiger partial charge is 0.469 e. The van der Waals surface area contributed by atoms with E-state index in [1.54, 1.807) is 11.3 Å². The molecule has 0 radical (unpaired) electrons. The molecule has 1 aliphatic rings. The van der Waals surface area contributed by atoms with Crippen LogP contribution in [0.3, 0.4) is 0 Å². The first-order chi connectivity index (χ1) is 15.5. The molecule has 166 valence electrons. The SMILES string of the molecule is COC(=O)C1CCC(c2ncc(-c3ccc(NC(=O)Nc4ccc(C)cc4)cc3)s2)CC1. The molecule has 0 bridgehead atoms. The number of urea groups is 1. The van der Waals surface area contributed by atoms with E-state index < -0.39 is 0 Å². The van der Waals surface area contributed by atoms with Gasteiger partial charge >= 0.3 is 12.0 Å². The quantitative estimate of drug-likeness (QED) is 0.454. The number of carbonyl (C=O) groups is 2. The Labute approximate surface area is 192 Å². The highest BCUT2D eigenvalue weighted by Gasteiger charge is 2.29. The minimum absolute atomic E-state index is 0.0268. The summed E-state index contributed by atoms with van der Waals surface area (Å²) in [6.45, 7) is 2.01. The number of amides is 2. The van der Waals surface area contributed by atoms with E-state index in [0.29, 0.717) is 5.92 Å². The van der Waals surface area contributed by atoms with E-state index in [9.17, 15) is 9.59 Å². The van der Waals surface area contributed by atoms with Gasteiger partial charge in [-0.05, 0) is 62.4 Å². The van der Waals surface area contributed by atoms with Crippen LogP contribution in [0.1, 0.15) is 42.2 Å². The molecule has 0 aliphatic heterocycles. The number of anilines is 2. The fraction of sp³-hybridized carbons (Fsp3) is 0.320. The third-order valence-corrected chi connectivity index (χ3v) is 7.08. The molecule has 6 nitrogen and oxygen atoms in total. The van der Waals surface area contributed by atoms with E-state index in [0.717, 1.165) is 58.1 Å². The topological polar surface area (TPSA) is 80.3 Å². The monoisotopic (exact) mass is 449 g/mol. The molecule has 1 aliphatic carbocycles. The number of esters is 1. The van der Waals surface area contributed by atoms with Crippen molar-refractivity contribution in [1.82, 2.24) is 4.98 Å². The molecular formula is C25H27N3O3S. The van der Waals surface area contributed by atoms with Crippen molar-refractivity contribution >= 4 is 34.7 Å². The third-order valence-electron chi connectivity index (χ3n) is 5.87. The number of hydrogen-bond acceptors (Lipinski definition) is 5. The Balaban J connectivity index is 1.33. The van der Waals surface area contributed by atoms with Gasteiger partial charge in [0.2, 0.25) is 0 Å². The highest BCUT2D eigenvalue weighted by Crippen LogP contribution is 2.39. The summed E-state index contributed by atoms with van der Waals surface area (Å²) in [5.41, 5.74) is 3.69. The Bertz CT molecular complexity index is 1070. The number of nitrogens with one attached hydrogen (secondary N) is 2. The van der Waals surface area contributed by atoms with Gasteiger partial charge in [0.25, 0.3) is 0 Å². The highest BCUT2D eigenvalue weighted by atomic mass is 32.1. The molecule has 2 N–H and O–H groups in total. The van der Waals surface area contributed by atoms with Crippen molar-refractivity contribution < 1.29 is 14.3 Å². The molecule has 3 aromatic rings. The maximum atomic E-state index is 12.2. The van der Waals surface area contributed by atoms with Crippen LogP contribution in [0.15, 0.2) is 54.7 Å². The van der Waals surface area contributed by atoms with Gasteiger partial charge in [0.1, 0.15) is 0 Å². The number of benzene rings is 2. The van der Waals surface area contributed by atoms with Gasteiger partial charge in [-0.15, -0.1) is 11.3 Å². The molecule has 4 rings (SSSR count). The lowest BCUT2D eigenvalue weighted by molar-refractivity contribution is -0.146. The number of carbonyl (C=O) groups excluding carboxylic acids is 2. The first-order valence-corrected chi connectivity index (χ1v) is 11.6. The highest BCUT2D eigenvalue weighted by molar-refractivity contribution is 7.15. The van der Waals surface area contributed by atoms with Crippen molar-refractivity contribution in [3.8, 4) is 10.4 Å². The lowest BCUT2D eigenvalue weighted by atomic mass is 9.82. The zero-order valence-corrected chi connectivity index (χ0v) is 19.1. The van der Waals surface area contributed by atoms with Crippen LogP contribution >= 0.6 is 11.3 Å². The number of methoxy groups -OCH3 is 1. The fourth-order valence-corrected chi connectivity index (χ4v) is 5.09. The summed E-state index contributed by atoms with van der Waals surface area (Å²) >= 11 is 1.70. The van der Waals surface area contributed by atoms with Crippen molar-refractivity contribution in [2.24, 2.45) is 5.92 Å². The van der Waals surface area contributed by atoms with Gasteiger partial charge in [-0.1, -0.05) is 29.8 Å². The van der Waals surface area contributed by atoms with E-state index in [2.05, 4.69) is 15.6 Å². The second-order valence-corrected chi connectivity index (χ2v) is 9.22. The minimum Gasteiger partial charge on any atom is -0.469 e. The number of hydrogen-bond donors (Lipinski definition) is 2. The standard InChI is InChI=1S/C25H27N3O3S/c1-16-3-11-20(12-4-16)27-25(30)28-21-13-9-17(10-14-21)22-15-26-23(32-22)18-5-7-19(8-6-18)24(29)31-2/h3-4,9-15,18-19H,5-8H2,1-2H3,(H2,27,28,30). The third kappa shape index (κ3) is 5.34. The Hall–Kier alpha value is -3.19. The average molecular weight is 450 g/mol. The Morgan fingerprint density at radius 1 is 0.938 bits per heavy atom. The summed E-state index contributed by atoms with van der Waals surface area (Å²) in [6.07, 6.45) is 5.56. The summed E-state index contributed by atoms with van der Waals surface area (Å²) in [7, 11) is 1.46. The number of nitrogens with zero attached hydrogens (tertiary/aromatic N) is 1. The van der Waals surface area contributed by atoms with Crippen LogP contribution in [-0.2, 0) is 9.53 Å². The van der Waals surface area contributed by atoms with Crippen molar-refractivity contribution in [1.29, 1.82) is 0 Å². The van der Waals surface area contributed by atoms with Crippen molar-refractivity contribution in [2.75, 3.05) is 17.7 Å². The van der Waals surface area contributed by atoms with Crippen LogP contribution in [0.25, 0.3) is 10.4 Å². The van der Waals surface area contributed by atoms with E-state index in [1.807, 2.05) is 61.7 Å². The Kier molecular flexibility index (Phi) is 6.85. The Morgan fingerprint density at radius 2 is 1.53 bits per heavy atom. The fourth-order valence-electron chi connectivity index (χ4n) is 4.00. The first kappa shape index (κ1) is 22.0. The number of aromatic nitrogens is 1. The molecule has 0 atom stereocenters. The van der Waals surface area contributed by atoms with Crippen molar-refractivity contribution in [2.45, 2.75) is 38.5 Å². The van der Waals surface area contributed by atoms with Gasteiger partial charge in [0.15, 0.2) is 0 Å². The van der Waals surface area contributed by atoms with Crippen LogP contribution in [0.5, 0.6) is 0 Å². The first-order valence-electron chi connectivity index (χ1n) is 10.8. The van der Waals surface area contributed by atoms with Crippen molar-refractivity contribution in [3.05, 3.63) is 65.3 Å². The molecular weight excluding hydrogens is 422 g/mol. The number of thiazole rings is 1. The lowest BCUT2D eigenvalue weighted by Crippen LogP contribution is -2.22. The summed E-state index contributed by atoms with van der Waals surface area (Å²) < 4.78 is 4.88. The lowest BCUT2D eigenvalue weighted by Gasteiger charge is -2.25. The van der Waals surface area contributed by atoms with E-state index in [1.165, 1.54) is 7.11 Å². The Morgan fingerprint density at radius 3 is 2.12 bits per heavy atom. The van der Waals surface area contributed by atoms with Crippen LogP contribution in [0.4, 0.5) is 16.2 Å². The summed E-state index contributed by atoms with van der Waals surface area (Å²) in [6, 6.07) is 15.2. The molecule has 2 aromatic carbocycles. The summed E-state index contributed by atoms with van der Waals surface area (Å²) in [5, 5.41) is 6.82. The van der Waals surface area contributed by atoms with Crippen LogP contribution in [0, 0.1) is 12.8 Å². The minimum atomic E-state index is -0.274. The molecule has 1 aromatic heterocycles. The van der Waals surface area contributed by atoms with Crippen molar-refractivity contribution in [3.63, 3.8) is 0 Å². The smallest absolute Gasteiger partial charge is 0.323 e. The van der Waals surface area contributed by atoms with Crippen LogP contribution in [0.2, 0.25) is 0 Å². The van der Waals surface area contributed by atoms with Crippen LogP contribution in [-0.4, -0.2) is 24.1 Å². The van der Waals surface area contributed by atoms with Gasteiger partial charge < -0.3 is 15.4 Å². The molecule has 1 heterocycles. The molecule has 7 heteroatoms. The number of rotatable bonds is 5. The van der Waals surface area contributed by atoms with Crippen LogP contribution < -0.4 is 10.6 Å². The summed E-state index contributed by atoms with van der Waals surface area (Å²) in [4.78, 5) is 29.7. The molecule has 0 spiro atoms. The van der Waals surface area contributed by atoms with E-state index in [-0.39, 0.29) is 17.9 Å². The van der Waals surface area contributed by atoms with Gasteiger partial charge in [-0.25, -0.2) is 9.78 Å². The number of ether oxygens (including phenoxy) is 1. The zero-order valence-electron chi connectivity index (χ0n) is 18.3. The maximum absolute atomic E-state index is 12.2. The second-order valence-electron chi connectivity index (χ2n) is 8.16. The van der Waals surface area contributed by atoms with Gasteiger partial charge in [-0.2, -0.15) is 0 Å². The van der Waals surface area contributed by atoms with E-state index in [4.69, 9.17) is 4.74 Å². The number of aryl methyl sites for hydroxylation is 1. The van der Waals surface area contributed by atoms with Gasteiger partial charge in [0.05, 0.1) is 22.9 Å². The maximum Gasteiger partial charge on any atom is 0.323 e. The second kappa shape index (κ2) is 9.96. The normalized spacial score (nSPS) is 18.1. The average Bonchev–Trinajstić information content (AvgIpc) is 3.31. The van der Waals surface area contributed by atoms with Gasteiger partial charge in [-0.3, -0.25) is 4.79 Å². The molecule has 2 amide bonds. The summed E-state index contributed by atoms with van der Waals surface area (Å²) in [5.74, 6) is 0.338. The molecule has 0 saturated heterocycles. The van der Waals surface area contributed by atoms with Gasteiger partial charge in [0, 0.05) is 23.5 Å². The molecule has 32 heavy (non-hydrogen) atoms. The predicted octanol–water partition coefficient (Wildman–Crippen LogP) is 6.21. The molecule has 0 unspecified atom stereocenters. The zero-order chi connectivity index (χ0) is 22.5. The molecule has 1 fully saturated rings.